The van der Waals surface area contributed by atoms with E-state index in [4.69, 9.17) is 4.74 Å². The first kappa shape index (κ1) is 17.9. The lowest BCUT2D eigenvalue weighted by atomic mass is 10.1. The second kappa shape index (κ2) is 8.40. The number of methoxy groups -OCH3 is 1. The molecule has 0 saturated carbocycles. The topological polar surface area (TPSA) is 47.6 Å². The molecule has 0 aromatic heterocycles. The molecule has 2 rings (SSSR count). The molecule has 0 aliphatic carbocycles. The van der Waals surface area contributed by atoms with Crippen LogP contribution in [0.15, 0.2) is 48.5 Å². The molecule has 24 heavy (non-hydrogen) atoms. The number of halogens is 2. The molecule has 0 bridgehead atoms. The van der Waals surface area contributed by atoms with E-state index in [1.54, 1.807) is 31.4 Å². The van der Waals surface area contributed by atoms with Crippen LogP contribution in [-0.2, 0) is 11.3 Å². The quantitative estimate of drug-likeness (QED) is 0.834. The van der Waals surface area contributed by atoms with Crippen LogP contribution >= 0.6 is 0 Å². The second-order valence-electron chi connectivity index (χ2n) is 5.27. The average molecular weight is 335 g/mol. The molecule has 1 N–H and O–H groups in total. The molecule has 6 heteroatoms. The molecule has 2 aromatic carbocycles. The van der Waals surface area contributed by atoms with E-state index in [0.29, 0.717) is 12.2 Å². The van der Waals surface area contributed by atoms with Crippen molar-refractivity contribution < 1.29 is 23.0 Å². The highest BCUT2D eigenvalue weighted by molar-refractivity contribution is 5.94. The minimum absolute atomic E-state index is 0.0843. The van der Waals surface area contributed by atoms with Crippen molar-refractivity contribution in [2.75, 3.05) is 7.11 Å². The summed E-state index contributed by atoms with van der Waals surface area (Å²) in [7, 11) is 1.61. The second-order valence-corrected chi connectivity index (χ2v) is 5.27. The van der Waals surface area contributed by atoms with Gasteiger partial charge in [-0.2, -0.15) is 8.78 Å². The van der Waals surface area contributed by atoms with Gasteiger partial charge in [0.1, 0.15) is 5.75 Å². The maximum atomic E-state index is 12.2. The predicted molar refractivity (Wildman–Crippen MR) is 86.1 cm³/mol. The van der Waals surface area contributed by atoms with Gasteiger partial charge in [-0.05, 0) is 42.3 Å². The fourth-order valence-electron chi connectivity index (χ4n) is 2.22. The fraction of sp³-hybridized carbons (Fsp3) is 0.278. The van der Waals surface area contributed by atoms with Gasteiger partial charge in [0.15, 0.2) is 0 Å². The van der Waals surface area contributed by atoms with Crippen LogP contribution in [0.5, 0.6) is 5.75 Å². The maximum absolute atomic E-state index is 12.2. The summed E-state index contributed by atoms with van der Waals surface area (Å²) >= 11 is 0. The number of carbonyl (C=O) groups is 1. The predicted octanol–water partition coefficient (Wildman–Crippen LogP) is 3.93. The van der Waals surface area contributed by atoms with Gasteiger partial charge >= 0.3 is 6.61 Å². The number of hydrogen-bond donors (Lipinski definition) is 1. The summed E-state index contributed by atoms with van der Waals surface area (Å²) in [6.07, 6.45) is 0. The van der Waals surface area contributed by atoms with Crippen LogP contribution in [0, 0.1) is 0 Å². The van der Waals surface area contributed by atoms with E-state index in [-0.39, 0.29) is 17.7 Å². The first-order valence-electron chi connectivity index (χ1n) is 7.43. The molecular formula is C18H19F2NO3. The highest BCUT2D eigenvalue weighted by Gasteiger charge is 2.12. The van der Waals surface area contributed by atoms with E-state index in [1.807, 2.05) is 19.1 Å². The van der Waals surface area contributed by atoms with Gasteiger partial charge in [0.25, 0.3) is 5.91 Å². The molecular weight excluding hydrogens is 316 g/mol. The van der Waals surface area contributed by atoms with E-state index in [1.165, 1.54) is 12.1 Å². The van der Waals surface area contributed by atoms with Crippen LogP contribution in [-0.4, -0.2) is 19.6 Å². The molecule has 4 nitrogen and oxygen atoms in total. The van der Waals surface area contributed by atoms with Crippen molar-refractivity contribution in [3.8, 4) is 5.75 Å². The normalized spacial score (nSPS) is 12.0. The summed E-state index contributed by atoms with van der Waals surface area (Å²) in [4.78, 5) is 12.2. The summed E-state index contributed by atoms with van der Waals surface area (Å²) < 4.78 is 33.6. The van der Waals surface area contributed by atoms with Crippen LogP contribution in [0.1, 0.15) is 34.5 Å². The number of hydrogen-bond acceptors (Lipinski definition) is 3. The minimum atomic E-state index is -2.85. The number of benzene rings is 2. The highest BCUT2D eigenvalue weighted by atomic mass is 19.3. The average Bonchev–Trinajstić information content (AvgIpc) is 2.56. The van der Waals surface area contributed by atoms with Gasteiger partial charge in [-0.3, -0.25) is 4.79 Å². The molecule has 0 saturated heterocycles. The summed E-state index contributed by atoms with van der Waals surface area (Å²) in [6, 6.07) is 13.0. The van der Waals surface area contributed by atoms with Crippen LogP contribution in [0.2, 0.25) is 0 Å². The molecule has 0 heterocycles. The van der Waals surface area contributed by atoms with Crippen molar-refractivity contribution in [3.05, 3.63) is 65.2 Å². The zero-order valence-corrected chi connectivity index (χ0v) is 13.5. The molecule has 1 unspecified atom stereocenters. The zero-order valence-electron chi connectivity index (χ0n) is 13.5. The third kappa shape index (κ3) is 5.03. The first-order chi connectivity index (χ1) is 11.5. The van der Waals surface area contributed by atoms with Gasteiger partial charge in [-0.25, -0.2) is 0 Å². The molecule has 1 amide bonds. The highest BCUT2D eigenvalue weighted by Crippen LogP contribution is 2.19. The van der Waals surface area contributed by atoms with Crippen molar-refractivity contribution in [1.82, 2.24) is 5.32 Å². The van der Waals surface area contributed by atoms with Crippen molar-refractivity contribution in [2.24, 2.45) is 0 Å². The van der Waals surface area contributed by atoms with Gasteiger partial charge in [-0.1, -0.05) is 24.3 Å². The van der Waals surface area contributed by atoms with Crippen LogP contribution < -0.4 is 10.1 Å². The lowest BCUT2D eigenvalue weighted by Gasteiger charge is -2.15. The largest absolute Gasteiger partial charge is 0.435 e. The standard InChI is InChI=1S/C18H19F2NO3/c1-12(14-7-9-16(10-8-14)24-18(19)20)21-17(22)15-5-3-13(4-6-15)11-23-2/h3-10,12,18H,11H2,1-2H3,(H,21,22). The van der Waals surface area contributed by atoms with E-state index in [2.05, 4.69) is 10.1 Å². The number of amides is 1. The molecule has 0 spiro atoms. The van der Waals surface area contributed by atoms with Crippen LogP contribution in [0.3, 0.4) is 0 Å². The summed E-state index contributed by atoms with van der Waals surface area (Å²) in [6.45, 7) is -0.542. The third-order valence-corrected chi connectivity index (χ3v) is 3.48. The summed E-state index contributed by atoms with van der Waals surface area (Å²) in [5.41, 5.74) is 2.32. The van der Waals surface area contributed by atoms with E-state index < -0.39 is 6.61 Å². The Labute approximate surface area is 139 Å². The number of alkyl halides is 2. The van der Waals surface area contributed by atoms with E-state index in [0.717, 1.165) is 11.1 Å². The van der Waals surface area contributed by atoms with Gasteiger partial charge in [-0.15, -0.1) is 0 Å². The molecule has 1 atom stereocenters. The maximum Gasteiger partial charge on any atom is 0.387 e. The Morgan fingerprint density at radius 1 is 1.08 bits per heavy atom. The molecule has 0 fully saturated rings. The molecule has 0 aliphatic rings. The van der Waals surface area contributed by atoms with E-state index in [9.17, 15) is 13.6 Å². The Morgan fingerprint density at radius 3 is 2.25 bits per heavy atom. The number of carbonyl (C=O) groups excluding carboxylic acids is 1. The van der Waals surface area contributed by atoms with Crippen molar-refractivity contribution in [2.45, 2.75) is 26.2 Å². The molecule has 128 valence electrons. The number of nitrogens with one attached hydrogen (secondary N) is 1. The van der Waals surface area contributed by atoms with Crippen molar-refractivity contribution >= 4 is 5.91 Å². The Balaban J connectivity index is 1.97. The summed E-state index contributed by atoms with van der Waals surface area (Å²) in [5.74, 6) is -0.125. The lowest BCUT2D eigenvalue weighted by molar-refractivity contribution is -0.0498. The number of ether oxygens (including phenoxy) is 2. The Kier molecular flexibility index (Phi) is 6.26. The lowest BCUT2D eigenvalue weighted by Crippen LogP contribution is -2.26. The SMILES string of the molecule is COCc1ccc(C(=O)NC(C)c2ccc(OC(F)F)cc2)cc1. The molecule has 0 radical (unpaired) electrons. The fourth-order valence-corrected chi connectivity index (χ4v) is 2.22. The third-order valence-electron chi connectivity index (χ3n) is 3.48. The first-order valence-corrected chi connectivity index (χ1v) is 7.43. The minimum Gasteiger partial charge on any atom is -0.435 e. The monoisotopic (exact) mass is 335 g/mol. The Bertz CT molecular complexity index is 657. The van der Waals surface area contributed by atoms with Crippen molar-refractivity contribution in [1.29, 1.82) is 0 Å². The Morgan fingerprint density at radius 2 is 1.71 bits per heavy atom. The van der Waals surface area contributed by atoms with Gasteiger partial charge < -0.3 is 14.8 Å². The number of rotatable bonds is 7. The van der Waals surface area contributed by atoms with Crippen LogP contribution in [0.25, 0.3) is 0 Å². The van der Waals surface area contributed by atoms with Gasteiger partial charge in [0, 0.05) is 12.7 Å². The zero-order chi connectivity index (χ0) is 17.5. The van der Waals surface area contributed by atoms with E-state index >= 15 is 0 Å². The van der Waals surface area contributed by atoms with Gasteiger partial charge in [0.2, 0.25) is 0 Å². The molecule has 0 aliphatic heterocycles. The van der Waals surface area contributed by atoms with Crippen molar-refractivity contribution in [3.63, 3.8) is 0 Å². The molecule has 2 aromatic rings. The van der Waals surface area contributed by atoms with Gasteiger partial charge in [0.05, 0.1) is 12.6 Å². The van der Waals surface area contributed by atoms with Crippen LogP contribution in [0.4, 0.5) is 8.78 Å². The Hall–Kier alpha value is -2.47. The smallest absolute Gasteiger partial charge is 0.387 e. The summed E-state index contributed by atoms with van der Waals surface area (Å²) in [5, 5.41) is 2.87.